The Morgan fingerprint density at radius 1 is 1.44 bits per heavy atom. The topological polar surface area (TPSA) is 77.2 Å². The fourth-order valence-corrected chi connectivity index (χ4v) is 2.21. The molecular weight excluding hydrogens is 318 g/mol. The van der Waals surface area contributed by atoms with Crippen molar-refractivity contribution >= 4 is 44.2 Å². The van der Waals surface area contributed by atoms with Crippen LogP contribution in [0.4, 0.5) is 15.6 Å². The number of hydrogen-bond acceptors (Lipinski definition) is 5. The van der Waals surface area contributed by atoms with Gasteiger partial charge >= 0.3 is 6.09 Å². The van der Waals surface area contributed by atoms with E-state index in [1.54, 1.807) is 19.1 Å². The van der Waals surface area contributed by atoms with E-state index in [4.69, 9.17) is 10.5 Å². The van der Waals surface area contributed by atoms with Crippen LogP contribution in [0.25, 0.3) is 0 Å². The van der Waals surface area contributed by atoms with Crippen molar-refractivity contribution in [3.05, 3.63) is 34.4 Å². The second-order valence-corrected chi connectivity index (χ2v) is 5.36. The summed E-state index contributed by atoms with van der Waals surface area (Å²) in [5, 5.41) is 3.39. The van der Waals surface area contributed by atoms with Crippen molar-refractivity contribution in [1.82, 2.24) is 4.98 Å². The molecule has 2 aromatic rings. The number of nitrogens with zero attached hydrogens (tertiary/aromatic N) is 1. The molecule has 0 bridgehead atoms. The van der Waals surface area contributed by atoms with Gasteiger partial charge in [0.15, 0.2) is 5.13 Å². The molecule has 1 heterocycles. The van der Waals surface area contributed by atoms with Crippen LogP contribution in [-0.4, -0.2) is 11.1 Å². The number of carbonyl (C=O) groups is 1. The lowest BCUT2D eigenvalue weighted by molar-refractivity contribution is 0.216. The van der Waals surface area contributed by atoms with Crippen LogP contribution in [0.1, 0.15) is 5.69 Å². The molecule has 2 rings (SSSR count). The highest BCUT2D eigenvalue weighted by Crippen LogP contribution is 2.28. The standard InChI is InChI=1S/C11H10BrN3O2S/c1-6-9(18-10(13)14-6)17-11(16)15-8-4-2-7(12)3-5-8/h2-5H,1H3,(H2,13,14)(H,15,16). The van der Waals surface area contributed by atoms with E-state index < -0.39 is 6.09 Å². The number of amides is 1. The molecule has 0 aliphatic heterocycles. The maximum atomic E-state index is 11.6. The number of anilines is 2. The summed E-state index contributed by atoms with van der Waals surface area (Å²) in [5.74, 6) is 0. The van der Waals surface area contributed by atoms with Crippen LogP contribution in [0.2, 0.25) is 0 Å². The van der Waals surface area contributed by atoms with E-state index in [1.165, 1.54) is 0 Å². The Labute approximate surface area is 116 Å². The maximum Gasteiger partial charge on any atom is 0.417 e. The van der Waals surface area contributed by atoms with Crippen molar-refractivity contribution in [2.24, 2.45) is 0 Å². The number of rotatable bonds is 2. The van der Waals surface area contributed by atoms with E-state index in [0.29, 0.717) is 21.6 Å². The number of hydrogen-bond donors (Lipinski definition) is 2. The molecule has 0 saturated heterocycles. The summed E-state index contributed by atoms with van der Waals surface area (Å²) in [6, 6.07) is 7.18. The van der Waals surface area contributed by atoms with E-state index in [0.717, 1.165) is 15.8 Å². The summed E-state index contributed by atoms with van der Waals surface area (Å²) in [5.41, 5.74) is 6.77. The summed E-state index contributed by atoms with van der Waals surface area (Å²) < 4.78 is 6.05. The molecule has 7 heteroatoms. The number of nitrogen functional groups attached to an aromatic ring is 1. The van der Waals surface area contributed by atoms with E-state index in [9.17, 15) is 4.79 Å². The highest BCUT2D eigenvalue weighted by atomic mass is 79.9. The average Bonchev–Trinajstić information content (AvgIpc) is 2.61. The Bertz CT molecular complexity index is 568. The van der Waals surface area contributed by atoms with Gasteiger partial charge in [-0.1, -0.05) is 27.3 Å². The number of benzene rings is 1. The van der Waals surface area contributed by atoms with Crippen LogP contribution in [-0.2, 0) is 0 Å². The van der Waals surface area contributed by atoms with Crippen LogP contribution in [0.5, 0.6) is 5.06 Å². The number of nitrogens with one attached hydrogen (secondary N) is 1. The molecule has 0 aliphatic rings. The second-order valence-electron chi connectivity index (χ2n) is 3.45. The monoisotopic (exact) mass is 327 g/mol. The van der Waals surface area contributed by atoms with Gasteiger partial charge in [-0.15, -0.1) is 0 Å². The molecule has 0 atom stereocenters. The van der Waals surface area contributed by atoms with Gasteiger partial charge in [0.1, 0.15) is 0 Å². The molecule has 18 heavy (non-hydrogen) atoms. The fourth-order valence-electron chi connectivity index (χ4n) is 1.26. The highest BCUT2D eigenvalue weighted by molar-refractivity contribution is 9.10. The van der Waals surface area contributed by atoms with Gasteiger partial charge in [-0.25, -0.2) is 9.78 Å². The van der Waals surface area contributed by atoms with Crippen molar-refractivity contribution < 1.29 is 9.53 Å². The van der Waals surface area contributed by atoms with Gasteiger partial charge in [0.05, 0.1) is 5.69 Å². The van der Waals surface area contributed by atoms with E-state index in [-0.39, 0.29) is 0 Å². The summed E-state index contributed by atoms with van der Waals surface area (Å²) in [6.45, 7) is 1.73. The molecule has 5 nitrogen and oxygen atoms in total. The third kappa shape index (κ3) is 3.21. The van der Waals surface area contributed by atoms with Gasteiger partial charge in [-0.05, 0) is 31.2 Å². The van der Waals surface area contributed by atoms with Gasteiger partial charge < -0.3 is 10.5 Å². The minimum Gasteiger partial charge on any atom is -0.397 e. The third-order valence-corrected chi connectivity index (χ3v) is 3.44. The number of nitrogens with two attached hydrogens (primary N) is 1. The van der Waals surface area contributed by atoms with Crippen molar-refractivity contribution in [3.63, 3.8) is 0 Å². The largest absolute Gasteiger partial charge is 0.417 e. The molecule has 1 aromatic carbocycles. The van der Waals surface area contributed by atoms with Crippen molar-refractivity contribution in [1.29, 1.82) is 0 Å². The predicted molar refractivity (Wildman–Crippen MR) is 75.1 cm³/mol. The minimum atomic E-state index is -0.566. The Morgan fingerprint density at radius 2 is 2.11 bits per heavy atom. The van der Waals surface area contributed by atoms with Crippen molar-refractivity contribution in [3.8, 4) is 5.06 Å². The number of carbonyl (C=O) groups excluding carboxylic acids is 1. The van der Waals surface area contributed by atoms with Crippen molar-refractivity contribution in [2.45, 2.75) is 6.92 Å². The summed E-state index contributed by atoms with van der Waals surface area (Å²) >= 11 is 4.45. The molecule has 3 N–H and O–H groups in total. The normalized spacial score (nSPS) is 10.1. The molecule has 0 radical (unpaired) electrons. The van der Waals surface area contributed by atoms with Gasteiger partial charge in [-0.3, -0.25) is 5.32 Å². The Kier molecular flexibility index (Phi) is 3.83. The van der Waals surface area contributed by atoms with Gasteiger partial charge in [-0.2, -0.15) is 0 Å². The Balaban J connectivity index is 2.01. The van der Waals surface area contributed by atoms with E-state index in [2.05, 4.69) is 26.2 Å². The predicted octanol–water partition coefficient (Wildman–Crippen LogP) is 3.41. The lowest BCUT2D eigenvalue weighted by Gasteiger charge is -2.05. The van der Waals surface area contributed by atoms with Crippen molar-refractivity contribution in [2.75, 3.05) is 11.1 Å². The molecule has 0 saturated carbocycles. The smallest absolute Gasteiger partial charge is 0.397 e. The minimum absolute atomic E-state index is 0.374. The van der Waals surface area contributed by atoms with Gasteiger partial charge in [0, 0.05) is 10.2 Å². The molecular formula is C11H10BrN3O2S. The van der Waals surface area contributed by atoms with Crippen LogP contribution in [0.3, 0.4) is 0 Å². The first kappa shape index (κ1) is 12.8. The molecule has 94 valence electrons. The number of aromatic nitrogens is 1. The quantitative estimate of drug-likeness (QED) is 0.886. The van der Waals surface area contributed by atoms with Gasteiger partial charge in [0.25, 0.3) is 0 Å². The Hall–Kier alpha value is -1.60. The van der Waals surface area contributed by atoms with Crippen LogP contribution in [0.15, 0.2) is 28.7 Å². The third-order valence-electron chi connectivity index (χ3n) is 2.05. The summed E-state index contributed by atoms with van der Waals surface area (Å²) in [4.78, 5) is 15.6. The molecule has 0 unspecified atom stereocenters. The summed E-state index contributed by atoms with van der Waals surface area (Å²) in [6.07, 6.45) is -0.566. The van der Waals surface area contributed by atoms with Crippen LogP contribution in [0, 0.1) is 6.92 Å². The number of thiazole rings is 1. The molecule has 0 spiro atoms. The fraction of sp³-hybridized carbons (Fsp3) is 0.0909. The summed E-state index contributed by atoms with van der Waals surface area (Å²) in [7, 11) is 0. The lowest BCUT2D eigenvalue weighted by atomic mass is 10.3. The van der Waals surface area contributed by atoms with E-state index >= 15 is 0 Å². The lowest BCUT2D eigenvalue weighted by Crippen LogP contribution is -2.16. The first-order valence-electron chi connectivity index (χ1n) is 5.02. The highest BCUT2D eigenvalue weighted by Gasteiger charge is 2.11. The van der Waals surface area contributed by atoms with Crippen LogP contribution >= 0.6 is 27.3 Å². The first-order valence-corrected chi connectivity index (χ1v) is 6.63. The molecule has 1 aromatic heterocycles. The van der Waals surface area contributed by atoms with E-state index in [1.807, 2.05) is 12.1 Å². The SMILES string of the molecule is Cc1nc(N)sc1OC(=O)Nc1ccc(Br)cc1. The zero-order valence-corrected chi connectivity index (χ0v) is 11.8. The van der Waals surface area contributed by atoms with Crippen LogP contribution < -0.4 is 15.8 Å². The zero-order chi connectivity index (χ0) is 13.1. The molecule has 1 amide bonds. The Morgan fingerprint density at radius 3 is 2.67 bits per heavy atom. The average molecular weight is 328 g/mol. The molecule has 0 aliphatic carbocycles. The maximum absolute atomic E-state index is 11.6. The molecule has 0 fully saturated rings. The number of halogens is 1. The second kappa shape index (κ2) is 5.36. The first-order chi connectivity index (χ1) is 8.54. The number of ether oxygens (including phenoxy) is 1. The zero-order valence-electron chi connectivity index (χ0n) is 9.44. The van der Waals surface area contributed by atoms with Gasteiger partial charge in [0.2, 0.25) is 5.06 Å². The number of aryl methyl sites for hydroxylation is 1.